The van der Waals surface area contributed by atoms with E-state index in [4.69, 9.17) is 0 Å². The van der Waals surface area contributed by atoms with Crippen LogP contribution in [0.4, 0.5) is 13.2 Å². The van der Waals surface area contributed by atoms with Gasteiger partial charge in [0.15, 0.2) is 0 Å². The molecular formula is C16H14F3NO. The zero-order chi connectivity index (χ0) is 15.5. The van der Waals surface area contributed by atoms with Gasteiger partial charge in [-0.2, -0.15) is 13.2 Å². The van der Waals surface area contributed by atoms with Crippen molar-refractivity contribution in [3.63, 3.8) is 0 Å². The minimum atomic E-state index is -4.38. The highest BCUT2D eigenvalue weighted by molar-refractivity contribution is 5.93. The standard InChI is InChI=1S/C16H14F3NO/c1-20(15(21)13-7-3-2-4-8-13)11-12-6-5-9-14(10-12)16(17,18)19/h2-10H,11H2,1H3. The molecule has 0 atom stereocenters. The largest absolute Gasteiger partial charge is 0.416 e. The lowest BCUT2D eigenvalue weighted by molar-refractivity contribution is -0.137. The predicted octanol–water partition coefficient (Wildman–Crippen LogP) is 3.98. The lowest BCUT2D eigenvalue weighted by Crippen LogP contribution is -2.26. The van der Waals surface area contributed by atoms with Crippen molar-refractivity contribution < 1.29 is 18.0 Å². The Labute approximate surface area is 120 Å². The molecule has 21 heavy (non-hydrogen) atoms. The van der Waals surface area contributed by atoms with Crippen LogP contribution in [-0.4, -0.2) is 17.9 Å². The fraction of sp³-hybridized carbons (Fsp3) is 0.188. The summed E-state index contributed by atoms with van der Waals surface area (Å²) in [7, 11) is 1.57. The smallest absolute Gasteiger partial charge is 0.337 e. The van der Waals surface area contributed by atoms with Crippen LogP contribution in [0.15, 0.2) is 54.6 Å². The van der Waals surface area contributed by atoms with E-state index in [9.17, 15) is 18.0 Å². The van der Waals surface area contributed by atoms with E-state index in [2.05, 4.69) is 0 Å². The van der Waals surface area contributed by atoms with Gasteiger partial charge in [0.25, 0.3) is 5.91 Å². The highest BCUT2D eigenvalue weighted by atomic mass is 19.4. The van der Waals surface area contributed by atoms with Crippen LogP contribution < -0.4 is 0 Å². The number of hydrogen-bond donors (Lipinski definition) is 0. The Morgan fingerprint density at radius 2 is 1.71 bits per heavy atom. The molecule has 5 heteroatoms. The Kier molecular flexibility index (Phi) is 4.31. The summed E-state index contributed by atoms with van der Waals surface area (Å²) in [6.45, 7) is 0.123. The molecule has 0 heterocycles. The quantitative estimate of drug-likeness (QED) is 0.838. The van der Waals surface area contributed by atoms with Crippen molar-refractivity contribution in [2.45, 2.75) is 12.7 Å². The van der Waals surface area contributed by atoms with Gasteiger partial charge in [-0.05, 0) is 29.8 Å². The van der Waals surface area contributed by atoms with E-state index in [1.807, 2.05) is 0 Å². The first-order valence-electron chi connectivity index (χ1n) is 6.34. The van der Waals surface area contributed by atoms with Crippen LogP contribution in [0.2, 0.25) is 0 Å². The van der Waals surface area contributed by atoms with Crippen LogP contribution >= 0.6 is 0 Å². The van der Waals surface area contributed by atoms with E-state index in [0.29, 0.717) is 11.1 Å². The maximum absolute atomic E-state index is 12.6. The zero-order valence-electron chi connectivity index (χ0n) is 11.4. The van der Waals surface area contributed by atoms with Crippen LogP contribution in [0, 0.1) is 0 Å². The first kappa shape index (κ1) is 15.1. The third-order valence-corrected chi connectivity index (χ3v) is 3.04. The van der Waals surface area contributed by atoms with Gasteiger partial charge in [0.1, 0.15) is 0 Å². The molecular weight excluding hydrogens is 279 g/mol. The second kappa shape index (κ2) is 5.99. The molecule has 0 aromatic heterocycles. The van der Waals surface area contributed by atoms with Gasteiger partial charge in [-0.1, -0.05) is 30.3 Å². The first-order valence-corrected chi connectivity index (χ1v) is 6.34. The molecule has 0 aliphatic rings. The van der Waals surface area contributed by atoms with Crippen LogP contribution in [-0.2, 0) is 12.7 Å². The minimum Gasteiger partial charge on any atom is -0.337 e. The summed E-state index contributed by atoms with van der Waals surface area (Å²) in [5.74, 6) is -0.229. The summed E-state index contributed by atoms with van der Waals surface area (Å²) in [5.41, 5.74) is 0.240. The molecule has 0 radical (unpaired) electrons. The number of nitrogens with zero attached hydrogens (tertiary/aromatic N) is 1. The van der Waals surface area contributed by atoms with Gasteiger partial charge in [-0.25, -0.2) is 0 Å². The molecule has 0 aliphatic heterocycles. The molecule has 0 fully saturated rings. The summed E-state index contributed by atoms with van der Waals surface area (Å²) < 4.78 is 37.9. The SMILES string of the molecule is CN(Cc1cccc(C(F)(F)F)c1)C(=O)c1ccccc1. The third-order valence-electron chi connectivity index (χ3n) is 3.04. The maximum Gasteiger partial charge on any atom is 0.416 e. The summed E-state index contributed by atoms with van der Waals surface area (Å²) in [4.78, 5) is 13.5. The molecule has 0 N–H and O–H groups in total. The molecule has 0 saturated carbocycles. The second-order valence-corrected chi connectivity index (χ2v) is 4.73. The van der Waals surface area contributed by atoms with Crippen molar-refractivity contribution in [1.82, 2.24) is 4.90 Å². The minimum absolute atomic E-state index is 0.123. The van der Waals surface area contributed by atoms with Crippen molar-refractivity contribution in [3.05, 3.63) is 71.3 Å². The molecule has 2 nitrogen and oxygen atoms in total. The first-order chi connectivity index (χ1) is 9.88. The Hall–Kier alpha value is -2.30. The van der Waals surface area contributed by atoms with E-state index in [1.54, 1.807) is 43.4 Å². The second-order valence-electron chi connectivity index (χ2n) is 4.73. The predicted molar refractivity (Wildman–Crippen MR) is 73.7 cm³/mol. The number of halogens is 3. The fourth-order valence-corrected chi connectivity index (χ4v) is 1.99. The fourth-order valence-electron chi connectivity index (χ4n) is 1.99. The van der Waals surface area contributed by atoms with Gasteiger partial charge in [0.2, 0.25) is 0 Å². The Morgan fingerprint density at radius 1 is 1.05 bits per heavy atom. The van der Waals surface area contributed by atoms with E-state index in [1.165, 1.54) is 11.0 Å². The van der Waals surface area contributed by atoms with Gasteiger partial charge in [-0.15, -0.1) is 0 Å². The average Bonchev–Trinajstić information content (AvgIpc) is 2.47. The normalized spacial score (nSPS) is 11.2. The third kappa shape index (κ3) is 3.84. The zero-order valence-corrected chi connectivity index (χ0v) is 11.4. The number of benzene rings is 2. The van der Waals surface area contributed by atoms with Crippen molar-refractivity contribution in [2.24, 2.45) is 0 Å². The molecule has 0 unspecified atom stereocenters. The van der Waals surface area contributed by atoms with Crippen LogP contribution in [0.1, 0.15) is 21.5 Å². The summed E-state index contributed by atoms with van der Waals surface area (Å²) in [5, 5.41) is 0. The van der Waals surface area contributed by atoms with Gasteiger partial charge in [0, 0.05) is 19.2 Å². The number of rotatable bonds is 3. The number of alkyl halides is 3. The Bertz CT molecular complexity index is 623. The number of carbonyl (C=O) groups is 1. The van der Waals surface area contributed by atoms with Crippen LogP contribution in [0.3, 0.4) is 0 Å². The van der Waals surface area contributed by atoms with Crippen molar-refractivity contribution in [3.8, 4) is 0 Å². The van der Waals surface area contributed by atoms with Gasteiger partial charge in [-0.3, -0.25) is 4.79 Å². The summed E-state index contributed by atoms with van der Waals surface area (Å²) in [6, 6.07) is 13.6. The van der Waals surface area contributed by atoms with Crippen LogP contribution in [0.25, 0.3) is 0 Å². The molecule has 0 saturated heterocycles. The van der Waals surface area contributed by atoms with E-state index >= 15 is 0 Å². The molecule has 0 bridgehead atoms. The molecule has 110 valence electrons. The van der Waals surface area contributed by atoms with E-state index < -0.39 is 11.7 Å². The Balaban J connectivity index is 2.13. The topological polar surface area (TPSA) is 20.3 Å². The van der Waals surface area contributed by atoms with E-state index in [0.717, 1.165) is 12.1 Å². The van der Waals surface area contributed by atoms with Crippen molar-refractivity contribution >= 4 is 5.91 Å². The highest BCUT2D eigenvalue weighted by Gasteiger charge is 2.30. The molecule has 0 aliphatic carbocycles. The summed E-state index contributed by atoms with van der Waals surface area (Å²) >= 11 is 0. The lowest BCUT2D eigenvalue weighted by Gasteiger charge is -2.18. The van der Waals surface area contributed by atoms with Gasteiger partial charge < -0.3 is 4.90 Å². The summed E-state index contributed by atoms with van der Waals surface area (Å²) in [6.07, 6.45) is -4.38. The van der Waals surface area contributed by atoms with E-state index in [-0.39, 0.29) is 12.5 Å². The highest BCUT2D eigenvalue weighted by Crippen LogP contribution is 2.29. The molecule has 2 rings (SSSR count). The molecule has 2 aromatic rings. The number of hydrogen-bond acceptors (Lipinski definition) is 1. The molecule has 1 amide bonds. The number of amides is 1. The lowest BCUT2D eigenvalue weighted by atomic mass is 10.1. The maximum atomic E-state index is 12.6. The van der Waals surface area contributed by atoms with Crippen LogP contribution in [0.5, 0.6) is 0 Å². The Morgan fingerprint density at radius 3 is 2.33 bits per heavy atom. The van der Waals surface area contributed by atoms with Crippen molar-refractivity contribution in [2.75, 3.05) is 7.05 Å². The average molecular weight is 293 g/mol. The molecule has 0 spiro atoms. The van der Waals surface area contributed by atoms with Gasteiger partial charge >= 0.3 is 6.18 Å². The van der Waals surface area contributed by atoms with Crippen molar-refractivity contribution in [1.29, 1.82) is 0 Å². The molecule has 2 aromatic carbocycles. The number of carbonyl (C=O) groups excluding carboxylic acids is 1. The monoisotopic (exact) mass is 293 g/mol. The van der Waals surface area contributed by atoms with Gasteiger partial charge in [0.05, 0.1) is 5.56 Å².